The van der Waals surface area contributed by atoms with E-state index in [2.05, 4.69) is 6.92 Å². The summed E-state index contributed by atoms with van der Waals surface area (Å²) >= 11 is 0. The SMILES string of the molecule is CCCCN(C)C(=O)C1CCN(C(=O)C2CCC2)CC1. The van der Waals surface area contributed by atoms with Crippen molar-refractivity contribution in [2.75, 3.05) is 26.7 Å². The zero-order valence-corrected chi connectivity index (χ0v) is 12.9. The van der Waals surface area contributed by atoms with Gasteiger partial charge in [-0.1, -0.05) is 19.8 Å². The Morgan fingerprint density at radius 2 is 1.75 bits per heavy atom. The average Bonchev–Trinajstić information content (AvgIpc) is 2.42. The highest BCUT2D eigenvalue weighted by atomic mass is 16.2. The first kappa shape index (κ1) is 15.3. The van der Waals surface area contributed by atoms with Crippen LogP contribution in [0.2, 0.25) is 0 Å². The van der Waals surface area contributed by atoms with E-state index in [9.17, 15) is 9.59 Å². The molecule has 0 atom stereocenters. The molecule has 114 valence electrons. The molecule has 0 N–H and O–H groups in total. The first-order valence-corrected chi connectivity index (χ1v) is 8.17. The summed E-state index contributed by atoms with van der Waals surface area (Å²) < 4.78 is 0. The van der Waals surface area contributed by atoms with Gasteiger partial charge in [-0.3, -0.25) is 9.59 Å². The first-order valence-electron chi connectivity index (χ1n) is 8.17. The molecule has 0 bridgehead atoms. The monoisotopic (exact) mass is 280 g/mol. The van der Waals surface area contributed by atoms with Crippen LogP contribution in [0.4, 0.5) is 0 Å². The van der Waals surface area contributed by atoms with Crippen molar-refractivity contribution in [1.82, 2.24) is 9.80 Å². The van der Waals surface area contributed by atoms with Crippen LogP contribution in [-0.4, -0.2) is 48.3 Å². The van der Waals surface area contributed by atoms with E-state index in [4.69, 9.17) is 0 Å². The topological polar surface area (TPSA) is 40.6 Å². The van der Waals surface area contributed by atoms with Crippen LogP contribution in [0, 0.1) is 11.8 Å². The van der Waals surface area contributed by atoms with Gasteiger partial charge in [-0.25, -0.2) is 0 Å². The summed E-state index contributed by atoms with van der Waals surface area (Å²) in [7, 11) is 1.91. The lowest BCUT2D eigenvalue weighted by molar-refractivity contribution is -0.143. The Kier molecular flexibility index (Phi) is 5.44. The number of amides is 2. The van der Waals surface area contributed by atoms with Gasteiger partial charge in [0, 0.05) is 38.5 Å². The normalized spacial score (nSPS) is 20.6. The third-order valence-corrected chi connectivity index (χ3v) is 4.83. The largest absolute Gasteiger partial charge is 0.346 e. The van der Waals surface area contributed by atoms with Crippen molar-refractivity contribution >= 4 is 11.8 Å². The van der Waals surface area contributed by atoms with Gasteiger partial charge in [-0.15, -0.1) is 0 Å². The molecule has 4 nitrogen and oxygen atoms in total. The molecule has 2 rings (SSSR count). The lowest BCUT2D eigenvalue weighted by Gasteiger charge is -2.37. The first-order chi connectivity index (χ1) is 9.63. The van der Waals surface area contributed by atoms with Gasteiger partial charge in [0.25, 0.3) is 0 Å². The maximum atomic E-state index is 12.3. The molecule has 0 aromatic rings. The average molecular weight is 280 g/mol. The van der Waals surface area contributed by atoms with Crippen molar-refractivity contribution in [2.24, 2.45) is 11.8 Å². The highest BCUT2D eigenvalue weighted by Crippen LogP contribution is 2.30. The van der Waals surface area contributed by atoms with Crippen molar-refractivity contribution in [3.05, 3.63) is 0 Å². The van der Waals surface area contributed by atoms with Crippen LogP contribution in [0.1, 0.15) is 51.9 Å². The molecule has 2 fully saturated rings. The molecular formula is C16H28N2O2. The Labute approximate surface area is 122 Å². The number of rotatable bonds is 5. The third kappa shape index (κ3) is 3.53. The molecule has 1 aliphatic carbocycles. The minimum absolute atomic E-state index is 0.127. The molecule has 1 aliphatic heterocycles. The highest BCUT2D eigenvalue weighted by Gasteiger charge is 2.33. The van der Waals surface area contributed by atoms with Crippen molar-refractivity contribution in [1.29, 1.82) is 0 Å². The van der Waals surface area contributed by atoms with Gasteiger partial charge in [-0.05, 0) is 32.1 Å². The Morgan fingerprint density at radius 1 is 1.10 bits per heavy atom. The number of piperidine rings is 1. The summed E-state index contributed by atoms with van der Waals surface area (Å²) in [5.74, 6) is 1.02. The molecule has 0 radical (unpaired) electrons. The summed E-state index contributed by atoms with van der Waals surface area (Å²) in [5.41, 5.74) is 0. The summed E-state index contributed by atoms with van der Waals surface area (Å²) in [6, 6.07) is 0. The number of nitrogens with zero attached hydrogens (tertiary/aromatic N) is 2. The molecular weight excluding hydrogens is 252 g/mol. The number of hydrogen-bond acceptors (Lipinski definition) is 2. The molecule has 0 aromatic heterocycles. The summed E-state index contributed by atoms with van der Waals surface area (Å²) in [5, 5.41) is 0. The van der Waals surface area contributed by atoms with Crippen LogP contribution >= 0.6 is 0 Å². The van der Waals surface area contributed by atoms with Crippen LogP contribution in [0.25, 0.3) is 0 Å². The molecule has 20 heavy (non-hydrogen) atoms. The van der Waals surface area contributed by atoms with Crippen molar-refractivity contribution in [2.45, 2.75) is 51.9 Å². The minimum atomic E-state index is 0.127. The van der Waals surface area contributed by atoms with Crippen LogP contribution in [-0.2, 0) is 9.59 Å². The number of carbonyl (C=O) groups is 2. The Bertz CT molecular complexity index is 344. The van der Waals surface area contributed by atoms with Crippen LogP contribution < -0.4 is 0 Å². The standard InChI is InChI=1S/C16H28N2O2/c1-3-4-10-17(2)15(19)14-8-11-18(12-9-14)16(20)13-6-5-7-13/h13-14H,3-12H2,1-2H3. The van der Waals surface area contributed by atoms with Crippen LogP contribution in [0.3, 0.4) is 0 Å². The lowest BCUT2D eigenvalue weighted by Crippen LogP contribution is -2.46. The fourth-order valence-corrected chi connectivity index (χ4v) is 3.08. The van der Waals surface area contributed by atoms with Gasteiger partial charge in [0.15, 0.2) is 0 Å². The van der Waals surface area contributed by atoms with E-state index in [0.717, 1.165) is 58.2 Å². The Morgan fingerprint density at radius 3 is 2.25 bits per heavy atom. The smallest absolute Gasteiger partial charge is 0.225 e. The van der Waals surface area contributed by atoms with Crippen LogP contribution in [0.15, 0.2) is 0 Å². The molecule has 0 aromatic carbocycles. The molecule has 4 heteroatoms. The number of carbonyl (C=O) groups excluding carboxylic acids is 2. The van der Waals surface area contributed by atoms with E-state index in [1.807, 2.05) is 16.8 Å². The fraction of sp³-hybridized carbons (Fsp3) is 0.875. The molecule has 2 aliphatic rings. The van der Waals surface area contributed by atoms with Gasteiger partial charge in [0.05, 0.1) is 0 Å². The number of hydrogen-bond donors (Lipinski definition) is 0. The fourth-order valence-electron chi connectivity index (χ4n) is 3.08. The Hall–Kier alpha value is -1.06. The molecule has 0 unspecified atom stereocenters. The number of likely N-dealkylation sites (tertiary alicyclic amines) is 1. The second kappa shape index (κ2) is 7.09. The summed E-state index contributed by atoms with van der Waals surface area (Å²) in [6.07, 6.45) is 7.21. The van der Waals surface area contributed by atoms with Gasteiger partial charge in [0.1, 0.15) is 0 Å². The van der Waals surface area contributed by atoms with E-state index in [-0.39, 0.29) is 17.7 Å². The van der Waals surface area contributed by atoms with Crippen molar-refractivity contribution in [3.63, 3.8) is 0 Å². The molecule has 1 saturated carbocycles. The molecule has 1 saturated heterocycles. The lowest BCUT2D eigenvalue weighted by atomic mass is 9.83. The van der Waals surface area contributed by atoms with Crippen LogP contribution in [0.5, 0.6) is 0 Å². The minimum Gasteiger partial charge on any atom is -0.346 e. The molecule has 2 amide bonds. The summed E-state index contributed by atoms with van der Waals surface area (Å²) in [4.78, 5) is 28.3. The van der Waals surface area contributed by atoms with Gasteiger partial charge < -0.3 is 9.80 Å². The highest BCUT2D eigenvalue weighted by molar-refractivity contribution is 5.81. The van der Waals surface area contributed by atoms with E-state index in [1.54, 1.807) is 0 Å². The zero-order valence-electron chi connectivity index (χ0n) is 12.9. The Balaban J connectivity index is 1.75. The van der Waals surface area contributed by atoms with E-state index >= 15 is 0 Å². The van der Waals surface area contributed by atoms with E-state index in [0.29, 0.717) is 5.91 Å². The van der Waals surface area contributed by atoms with E-state index in [1.165, 1.54) is 6.42 Å². The second-order valence-electron chi connectivity index (χ2n) is 6.34. The second-order valence-corrected chi connectivity index (χ2v) is 6.34. The van der Waals surface area contributed by atoms with Crippen molar-refractivity contribution < 1.29 is 9.59 Å². The quantitative estimate of drug-likeness (QED) is 0.775. The summed E-state index contributed by atoms with van der Waals surface area (Å²) in [6.45, 7) is 4.54. The number of unbranched alkanes of at least 4 members (excludes halogenated alkanes) is 1. The van der Waals surface area contributed by atoms with Crippen molar-refractivity contribution in [3.8, 4) is 0 Å². The third-order valence-electron chi connectivity index (χ3n) is 4.83. The van der Waals surface area contributed by atoms with Gasteiger partial charge in [0.2, 0.25) is 11.8 Å². The maximum absolute atomic E-state index is 12.3. The maximum Gasteiger partial charge on any atom is 0.225 e. The predicted octanol–water partition coefficient (Wildman–Crippen LogP) is 2.28. The molecule has 1 heterocycles. The predicted molar refractivity (Wildman–Crippen MR) is 79.2 cm³/mol. The van der Waals surface area contributed by atoms with E-state index < -0.39 is 0 Å². The molecule has 0 spiro atoms. The van der Waals surface area contributed by atoms with Gasteiger partial charge in [-0.2, -0.15) is 0 Å². The zero-order chi connectivity index (χ0) is 14.5. The van der Waals surface area contributed by atoms with Gasteiger partial charge >= 0.3 is 0 Å².